The van der Waals surface area contributed by atoms with Crippen LogP contribution in [0, 0.1) is 0 Å². The summed E-state index contributed by atoms with van der Waals surface area (Å²) in [5.41, 5.74) is 22.3. The number of aromatic nitrogens is 6. The Morgan fingerprint density at radius 2 is 0.511 bits per heavy atom. The third kappa shape index (κ3) is 11.2. The second-order valence-corrected chi connectivity index (χ2v) is 25.2. The Hall–Kier alpha value is -11.9. The molecule has 17 rings (SSSR count). The smallest absolute Gasteiger partial charge is 0.164 e. The highest BCUT2D eigenvalue weighted by Gasteiger charge is 2.35. The molecule has 0 fully saturated rings. The third-order valence-electron chi connectivity index (χ3n) is 17.9. The van der Waals surface area contributed by atoms with Crippen LogP contribution in [0.25, 0.3) is 155 Å². The van der Waals surface area contributed by atoms with E-state index in [1.54, 1.807) is 0 Å². The average molecular weight is 1220 g/mol. The summed E-state index contributed by atoms with van der Waals surface area (Å²) in [5, 5.41) is 2.58. The molecule has 94 heavy (non-hydrogen) atoms. The minimum Gasteiger partial charge on any atom is -0.208 e. The number of hydrogen-bond donors (Lipinski definition) is 0. The first kappa shape index (κ1) is 57.3. The van der Waals surface area contributed by atoms with Gasteiger partial charge in [-0.1, -0.05) is 299 Å². The highest BCUT2D eigenvalue weighted by atomic mass is 32.1. The van der Waals surface area contributed by atoms with E-state index in [1.807, 2.05) is 35.6 Å². The fourth-order valence-electron chi connectivity index (χ4n) is 13.0. The standard InChI is InChI=1S/C45H29N3S.C42H31N3/c1-3-13-30(14-4-1)32-17-9-20-35(27-32)43-46-44(36-21-10-18-33(28-36)31-15-5-2-6-16-31)48-45(47-43)37-22-11-19-34(29-37)38-24-12-25-40-39-23-7-8-26-41(39)49-42(38)40;1-42(2)37-22-10-9-21-35(37)36-24-23-34(27-38(36)42)41-44-39(32-19-11-17-30(25-32)28-13-5-3-6-14-28)43-40(45-41)33-20-12-18-31(26-33)29-15-7-4-8-16-29/h1-29H;3-27H,1-2H3. The van der Waals surface area contributed by atoms with Crippen molar-refractivity contribution in [3.63, 3.8) is 0 Å². The number of benzene rings is 13. The maximum atomic E-state index is 5.13. The van der Waals surface area contributed by atoms with Crippen LogP contribution in [-0.4, -0.2) is 29.9 Å². The monoisotopic (exact) mass is 1220 g/mol. The van der Waals surface area contributed by atoms with E-state index in [0.717, 1.165) is 83.5 Å². The van der Waals surface area contributed by atoms with Crippen LogP contribution in [0.1, 0.15) is 25.0 Å². The van der Waals surface area contributed by atoms with Gasteiger partial charge in [-0.25, -0.2) is 29.9 Å². The minimum atomic E-state index is -0.116. The Labute approximate surface area is 551 Å². The Morgan fingerprint density at radius 1 is 0.213 bits per heavy atom. The quantitative estimate of drug-likeness (QED) is 0.128. The van der Waals surface area contributed by atoms with Crippen LogP contribution >= 0.6 is 11.3 Å². The van der Waals surface area contributed by atoms with Gasteiger partial charge in [-0.15, -0.1) is 11.3 Å². The van der Waals surface area contributed by atoms with E-state index in [2.05, 4.69) is 317 Å². The fourth-order valence-corrected chi connectivity index (χ4v) is 14.3. The predicted molar refractivity (Wildman–Crippen MR) is 390 cm³/mol. The van der Waals surface area contributed by atoms with E-state index in [-0.39, 0.29) is 5.41 Å². The van der Waals surface area contributed by atoms with Crippen molar-refractivity contribution in [2.75, 3.05) is 0 Å². The van der Waals surface area contributed by atoms with E-state index in [0.29, 0.717) is 34.9 Å². The number of rotatable bonds is 11. The number of thiophene rings is 1. The molecule has 16 aromatic rings. The first-order valence-corrected chi connectivity index (χ1v) is 32.5. The lowest BCUT2D eigenvalue weighted by Crippen LogP contribution is -2.15. The van der Waals surface area contributed by atoms with Crippen molar-refractivity contribution in [3.05, 3.63) is 339 Å². The lowest BCUT2D eigenvalue weighted by molar-refractivity contribution is 0.660. The van der Waals surface area contributed by atoms with Crippen LogP contribution in [0.15, 0.2) is 328 Å². The lowest BCUT2D eigenvalue weighted by atomic mass is 9.82. The van der Waals surface area contributed by atoms with Crippen LogP contribution in [-0.2, 0) is 5.41 Å². The summed E-state index contributed by atoms with van der Waals surface area (Å²) < 4.78 is 2.58. The van der Waals surface area contributed by atoms with Crippen molar-refractivity contribution in [3.8, 4) is 135 Å². The molecule has 0 amide bonds. The van der Waals surface area contributed by atoms with Crippen molar-refractivity contribution in [1.82, 2.24) is 29.9 Å². The van der Waals surface area contributed by atoms with E-state index in [9.17, 15) is 0 Å². The van der Waals surface area contributed by atoms with Gasteiger partial charge in [0.25, 0.3) is 0 Å². The zero-order valence-corrected chi connectivity index (χ0v) is 52.6. The van der Waals surface area contributed by atoms with Gasteiger partial charge in [-0.05, 0) is 120 Å². The molecule has 7 heteroatoms. The molecule has 0 radical (unpaired) electrons. The first-order chi connectivity index (χ1) is 46.3. The zero-order valence-electron chi connectivity index (χ0n) is 51.8. The van der Waals surface area contributed by atoms with Gasteiger partial charge < -0.3 is 0 Å². The fraction of sp³-hybridized carbons (Fsp3) is 0.0345. The van der Waals surface area contributed by atoms with Gasteiger partial charge >= 0.3 is 0 Å². The number of fused-ring (bicyclic) bond motifs is 6. The zero-order chi connectivity index (χ0) is 63.0. The Balaban J connectivity index is 0.000000149. The van der Waals surface area contributed by atoms with Crippen LogP contribution in [0.4, 0.5) is 0 Å². The maximum absolute atomic E-state index is 5.13. The maximum Gasteiger partial charge on any atom is 0.164 e. The second-order valence-electron chi connectivity index (χ2n) is 24.2. The van der Waals surface area contributed by atoms with E-state index < -0.39 is 0 Å². The molecule has 0 spiro atoms. The van der Waals surface area contributed by atoms with E-state index in [4.69, 9.17) is 29.9 Å². The molecule has 0 saturated heterocycles. The highest BCUT2D eigenvalue weighted by molar-refractivity contribution is 7.26. The van der Waals surface area contributed by atoms with Crippen LogP contribution in [0.5, 0.6) is 0 Å². The van der Waals surface area contributed by atoms with Gasteiger partial charge in [-0.2, -0.15) is 0 Å². The van der Waals surface area contributed by atoms with Gasteiger partial charge in [0.1, 0.15) is 0 Å². The topological polar surface area (TPSA) is 77.3 Å². The molecule has 3 heterocycles. The molecule has 0 unspecified atom stereocenters. The summed E-state index contributed by atoms with van der Waals surface area (Å²) in [5.74, 6) is 3.89. The molecular formula is C87H60N6S. The van der Waals surface area contributed by atoms with Crippen LogP contribution in [0.2, 0.25) is 0 Å². The van der Waals surface area contributed by atoms with Crippen molar-refractivity contribution in [2.24, 2.45) is 0 Å². The average Bonchev–Trinajstić information content (AvgIpc) is 1.56. The first-order valence-electron chi connectivity index (χ1n) is 31.7. The lowest BCUT2D eigenvalue weighted by Gasteiger charge is -2.21. The molecule has 6 nitrogen and oxygen atoms in total. The van der Waals surface area contributed by atoms with Gasteiger partial charge in [0.05, 0.1) is 0 Å². The van der Waals surface area contributed by atoms with Gasteiger partial charge in [-0.3, -0.25) is 0 Å². The molecule has 0 atom stereocenters. The second kappa shape index (κ2) is 24.7. The van der Waals surface area contributed by atoms with Crippen molar-refractivity contribution >= 4 is 31.5 Å². The Bertz CT molecular complexity index is 5270. The molecule has 0 saturated carbocycles. The molecule has 0 aliphatic heterocycles. The SMILES string of the molecule is CC1(C)c2ccccc2-c2ccc(-c3nc(-c4cccc(-c5ccccc5)c4)nc(-c4cccc(-c5ccccc5)c4)n3)cc21.c1ccc(-c2cccc(-c3nc(-c4cccc(-c5ccccc5)c4)nc(-c4cccc(-c5cccc6c5sc5ccccc56)c4)n3)c2)cc1. The van der Waals surface area contributed by atoms with Crippen molar-refractivity contribution < 1.29 is 0 Å². The normalized spacial score (nSPS) is 12.0. The molecule has 444 valence electrons. The van der Waals surface area contributed by atoms with Gasteiger partial charge in [0.2, 0.25) is 0 Å². The molecular weight excluding hydrogens is 1160 g/mol. The molecule has 3 aromatic heterocycles. The highest BCUT2D eigenvalue weighted by Crippen LogP contribution is 2.50. The minimum absolute atomic E-state index is 0.116. The Kier molecular flexibility index (Phi) is 15.1. The summed E-state index contributed by atoms with van der Waals surface area (Å²) >= 11 is 1.84. The Morgan fingerprint density at radius 3 is 0.947 bits per heavy atom. The van der Waals surface area contributed by atoms with Crippen molar-refractivity contribution in [2.45, 2.75) is 19.3 Å². The molecule has 0 bridgehead atoms. The predicted octanol–water partition coefficient (Wildman–Crippen LogP) is 22.8. The van der Waals surface area contributed by atoms with Gasteiger partial charge in [0.15, 0.2) is 34.9 Å². The summed E-state index contributed by atoms with van der Waals surface area (Å²) in [6.45, 7) is 4.60. The van der Waals surface area contributed by atoms with Crippen molar-refractivity contribution in [1.29, 1.82) is 0 Å². The summed E-state index contributed by atoms with van der Waals surface area (Å²) in [6, 6.07) is 115. The largest absolute Gasteiger partial charge is 0.208 e. The van der Waals surface area contributed by atoms with Crippen LogP contribution in [0.3, 0.4) is 0 Å². The summed E-state index contributed by atoms with van der Waals surface area (Å²) in [6.07, 6.45) is 0. The molecule has 13 aromatic carbocycles. The molecule has 1 aliphatic rings. The molecule has 0 N–H and O–H groups in total. The van der Waals surface area contributed by atoms with E-state index in [1.165, 1.54) is 48.0 Å². The third-order valence-corrected chi connectivity index (χ3v) is 19.1. The summed E-state index contributed by atoms with van der Waals surface area (Å²) in [4.78, 5) is 30.7. The number of hydrogen-bond acceptors (Lipinski definition) is 7. The molecule has 1 aliphatic carbocycles. The van der Waals surface area contributed by atoms with Crippen LogP contribution < -0.4 is 0 Å². The van der Waals surface area contributed by atoms with Gasteiger partial charge in [0, 0.05) is 59.0 Å². The number of nitrogens with zero attached hydrogens (tertiary/aromatic N) is 6. The van der Waals surface area contributed by atoms with E-state index >= 15 is 0 Å². The summed E-state index contributed by atoms with van der Waals surface area (Å²) in [7, 11) is 0.